The molecule has 0 spiro atoms. The van der Waals surface area contributed by atoms with E-state index >= 15 is 0 Å². The van der Waals surface area contributed by atoms with Crippen molar-refractivity contribution in [3.8, 4) is 0 Å². The Morgan fingerprint density at radius 1 is 1.24 bits per heavy atom. The maximum atomic E-state index is 12.2. The summed E-state index contributed by atoms with van der Waals surface area (Å²) in [6, 6.07) is 5.37. The third kappa shape index (κ3) is 3.27. The molecule has 5 nitrogen and oxygen atoms in total. The van der Waals surface area contributed by atoms with Gasteiger partial charge in [0, 0.05) is 12.3 Å². The molecular formula is C15H20N2O3S. The lowest BCUT2D eigenvalue weighted by atomic mass is 9.72. The highest BCUT2D eigenvalue weighted by molar-refractivity contribution is 7.90. The van der Waals surface area contributed by atoms with Gasteiger partial charge in [0.2, 0.25) is 0 Å². The first kappa shape index (κ1) is 14.5. The Labute approximate surface area is 125 Å². The van der Waals surface area contributed by atoms with Crippen LogP contribution in [0.5, 0.6) is 0 Å². The fourth-order valence-electron chi connectivity index (χ4n) is 3.32. The SMILES string of the molecule is NS(=O)(=O)Nc1ccc2c(c1)CCC(=O)[C@@H]2CC1CCC1. The van der Waals surface area contributed by atoms with Gasteiger partial charge in [-0.25, -0.2) is 5.14 Å². The molecule has 0 heterocycles. The maximum absolute atomic E-state index is 12.2. The summed E-state index contributed by atoms with van der Waals surface area (Å²) in [5, 5.41) is 4.99. The van der Waals surface area contributed by atoms with Crippen LogP contribution < -0.4 is 9.86 Å². The molecule has 0 aliphatic heterocycles. The largest absolute Gasteiger partial charge is 0.299 e. The van der Waals surface area contributed by atoms with Crippen LogP contribution in [0.2, 0.25) is 0 Å². The zero-order valence-corrected chi connectivity index (χ0v) is 12.7. The van der Waals surface area contributed by atoms with Crippen molar-refractivity contribution < 1.29 is 13.2 Å². The van der Waals surface area contributed by atoms with Crippen LogP contribution in [0, 0.1) is 5.92 Å². The first-order valence-corrected chi connectivity index (χ1v) is 8.93. The lowest BCUT2D eigenvalue weighted by Crippen LogP contribution is -2.26. The summed E-state index contributed by atoms with van der Waals surface area (Å²) in [7, 11) is -3.76. The van der Waals surface area contributed by atoms with Crippen LogP contribution in [0.15, 0.2) is 18.2 Å². The molecule has 0 radical (unpaired) electrons. The summed E-state index contributed by atoms with van der Waals surface area (Å²) < 4.78 is 24.5. The summed E-state index contributed by atoms with van der Waals surface area (Å²) in [4.78, 5) is 12.2. The van der Waals surface area contributed by atoms with Gasteiger partial charge in [0.05, 0.1) is 5.69 Å². The summed E-state index contributed by atoms with van der Waals surface area (Å²) in [6.07, 6.45) is 5.89. The van der Waals surface area contributed by atoms with Crippen LogP contribution in [-0.2, 0) is 21.4 Å². The van der Waals surface area contributed by atoms with Crippen LogP contribution in [0.3, 0.4) is 0 Å². The lowest BCUT2D eigenvalue weighted by Gasteiger charge is -2.32. The molecule has 3 rings (SSSR count). The molecular weight excluding hydrogens is 288 g/mol. The maximum Gasteiger partial charge on any atom is 0.296 e. The van der Waals surface area contributed by atoms with Crippen LogP contribution in [0.4, 0.5) is 5.69 Å². The number of rotatable bonds is 4. The first-order chi connectivity index (χ1) is 9.92. The molecule has 2 aliphatic rings. The number of carbonyl (C=O) groups is 1. The molecule has 1 aromatic rings. The van der Waals surface area contributed by atoms with Gasteiger partial charge < -0.3 is 0 Å². The highest BCUT2D eigenvalue weighted by atomic mass is 32.2. The van der Waals surface area contributed by atoms with E-state index in [0.717, 1.165) is 17.5 Å². The standard InChI is InChI=1S/C15H20N2O3S/c16-21(19,20)17-12-5-6-13-11(9-12)4-7-15(18)14(13)8-10-2-1-3-10/h5-6,9-10,14,17H,1-4,7-8H2,(H2,16,19,20)/t14-/m1/s1. The summed E-state index contributed by atoms with van der Waals surface area (Å²) >= 11 is 0. The number of benzene rings is 1. The Kier molecular flexibility index (Phi) is 3.75. The number of nitrogens with two attached hydrogens (primary N) is 1. The van der Waals surface area contributed by atoms with E-state index in [0.29, 0.717) is 30.2 Å². The zero-order chi connectivity index (χ0) is 15.0. The predicted molar refractivity (Wildman–Crippen MR) is 81.2 cm³/mol. The summed E-state index contributed by atoms with van der Waals surface area (Å²) in [5.74, 6) is 0.983. The third-order valence-electron chi connectivity index (χ3n) is 4.60. The molecule has 1 fully saturated rings. The number of hydrogen-bond acceptors (Lipinski definition) is 3. The van der Waals surface area contributed by atoms with Crippen molar-refractivity contribution in [3.63, 3.8) is 0 Å². The lowest BCUT2D eigenvalue weighted by molar-refractivity contribution is -0.121. The fourth-order valence-corrected chi connectivity index (χ4v) is 3.77. The molecule has 2 aliphatic carbocycles. The van der Waals surface area contributed by atoms with Crippen molar-refractivity contribution in [2.75, 3.05) is 4.72 Å². The first-order valence-electron chi connectivity index (χ1n) is 7.38. The van der Waals surface area contributed by atoms with E-state index in [2.05, 4.69) is 4.72 Å². The second kappa shape index (κ2) is 5.42. The average molecular weight is 308 g/mol. The van der Waals surface area contributed by atoms with Gasteiger partial charge in [0.15, 0.2) is 0 Å². The number of ketones is 1. The van der Waals surface area contributed by atoms with E-state index in [1.54, 1.807) is 12.1 Å². The van der Waals surface area contributed by atoms with Gasteiger partial charge >= 0.3 is 0 Å². The fraction of sp³-hybridized carbons (Fsp3) is 0.533. The normalized spacial score (nSPS) is 22.5. The number of fused-ring (bicyclic) bond motifs is 1. The van der Waals surface area contributed by atoms with Gasteiger partial charge in [-0.15, -0.1) is 0 Å². The molecule has 114 valence electrons. The van der Waals surface area contributed by atoms with Crippen molar-refractivity contribution in [3.05, 3.63) is 29.3 Å². The van der Waals surface area contributed by atoms with Gasteiger partial charge in [-0.1, -0.05) is 25.3 Å². The molecule has 1 saturated carbocycles. The topological polar surface area (TPSA) is 89.3 Å². The predicted octanol–water partition coefficient (Wildman–Crippen LogP) is 2.09. The Balaban J connectivity index is 1.86. The van der Waals surface area contributed by atoms with E-state index in [1.807, 2.05) is 6.07 Å². The van der Waals surface area contributed by atoms with E-state index in [1.165, 1.54) is 19.3 Å². The Morgan fingerprint density at radius 3 is 2.62 bits per heavy atom. The number of Topliss-reactive ketones (excluding diaryl/α,β-unsaturated/α-hetero) is 1. The van der Waals surface area contributed by atoms with Crippen LogP contribution in [0.25, 0.3) is 0 Å². The number of anilines is 1. The zero-order valence-electron chi connectivity index (χ0n) is 11.8. The Morgan fingerprint density at radius 2 is 2.00 bits per heavy atom. The second-order valence-electron chi connectivity index (χ2n) is 6.11. The van der Waals surface area contributed by atoms with E-state index in [4.69, 9.17) is 5.14 Å². The molecule has 21 heavy (non-hydrogen) atoms. The van der Waals surface area contributed by atoms with Gasteiger partial charge in [-0.3, -0.25) is 9.52 Å². The van der Waals surface area contributed by atoms with Crippen molar-refractivity contribution in [1.82, 2.24) is 0 Å². The van der Waals surface area contributed by atoms with E-state index in [-0.39, 0.29) is 5.92 Å². The Bertz CT molecular complexity index is 665. The molecule has 1 aromatic carbocycles. The number of hydrogen-bond donors (Lipinski definition) is 2. The highest BCUT2D eigenvalue weighted by Gasteiger charge is 2.31. The van der Waals surface area contributed by atoms with Crippen molar-refractivity contribution in [2.24, 2.45) is 11.1 Å². The second-order valence-corrected chi connectivity index (χ2v) is 7.41. The number of aryl methyl sites for hydroxylation is 1. The van der Waals surface area contributed by atoms with Crippen molar-refractivity contribution >= 4 is 21.7 Å². The molecule has 3 N–H and O–H groups in total. The minimum atomic E-state index is -3.76. The summed E-state index contributed by atoms with van der Waals surface area (Å²) in [6.45, 7) is 0. The average Bonchev–Trinajstić information content (AvgIpc) is 2.33. The number of nitrogens with one attached hydrogen (secondary N) is 1. The molecule has 1 atom stereocenters. The van der Waals surface area contributed by atoms with Gasteiger partial charge in [0.25, 0.3) is 10.2 Å². The molecule has 0 aromatic heterocycles. The number of carbonyl (C=O) groups excluding carboxylic acids is 1. The molecule has 0 unspecified atom stereocenters. The molecule has 6 heteroatoms. The van der Waals surface area contributed by atoms with Gasteiger partial charge in [-0.2, -0.15) is 8.42 Å². The van der Waals surface area contributed by atoms with Gasteiger partial charge in [0.1, 0.15) is 5.78 Å². The molecule has 0 amide bonds. The van der Waals surface area contributed by atoms with Crippen molar-refractivity contribution in [1.29, 1.82) is 0 Å². The summed E-state index contributed by atoms with van der Waals surface area (Å²) in [5.41, 5.74) is 2.60. The third-order valence-corrected chi connectivity index (χ3v) is 5.12. The van der Waals surface area contributed by atoms with Crippen LogP contribution in [0.1, 0.15) is 49.1 Å². The van der Waals surface area contributed by atoms with E-state index in [9.17, 15) is 13.2 Å². The van der Waals surface area contributed by atoms with Crippen molar-refractivity contribution in [2.45, 2.75) is 44.4 Å². The quantitative estimate of drug-likeness (QED) is 0.892. The smallest absolute Gasteiger partial charge is 0.296 e. The minimum Gasteiger partial charge on any atom is -0.299 e. The molecule has 0 saturated heterocycles. The van der Waals surface area contributed by atoms with Crippen LogP contribution in [-0.4, -0.2) is 14.2 Å². The highest BCUT2D eigenvalue weighted by Crippen LogP contribution is 2.40. The minimum absolute atomic E-state index is 0.0115. The van der Waals surface area contributed by atoms with Gasteiger partial charge in [-0.05, 0) is 42.0 Å². The monoisotopic (exact) mass is 308 g/mol. The van der Waals surface area contributed by atoms with Crippen LogP contribution >= 0.6 is 0 Å². The Hall–Kier alpha value is -1.40. The molecule has 0 bridgehead atoms. The van der Waals surface area contributed by atoms with E-state index < -0.39 is 10.2 Å².